The van der Waals surface area contributed by atoms with Gasteiger partial charge < -0.3 is 0 Å². The number of hydroxylamine groups is 1. The van der Waals surface area contributed by atoms with Gasteiger partial charge in [0.25, 0.3) is 6.79 Å². The van der Waals surface area contributed by atoms with Gasteiger partial charge in [-0.3, -0.25) is 4.53 Å². The first-order chi connectivity index (χ1) is 4.43. The van der Waals surface area contributed by atoms with Gasteiger partial charge in [0.15, 0.2) is 0 Å². The minimum Gasteiger partial charge on any atom is -0.281 e. The Hall–Kier alpha value is -1.67. The first kappa shape index (κ1) is 5.47. The summed E-state index contributed by atoms with van der Waals surface area (Å²) in [5.74, 6) is 5.26. The van der Waals surface area contributed by atoms with Crippen LogP contribution in [-0.4, -0.2) is 6.79 Å². The highest BCUT2D eigenvalue weighted by molar-refractivity contribution is 5.39. The average molecular weight is 117 g/mol. The maximum Gasteiger partial charge on any atom is 0.275 e. The summed E-state index contributed by atoms with van der Waals surface area (Å²) >= 11 is 0. The maximum atomic E-state index is 4.20. The van der Waals surface area contributed by atoms with Gasteiger partial charge in [-0.15, -0.1) is 0 Å². The SMILES string of the molecule is C=[O+][N-]C1=C=C=CC#C1. The highest BCUT2D eigenvalue weighted by Gasteiger charge is 1.78. The number of hydrogen-bond acceptors (Lipinski definition) is 0. The van der Waals surface area contributed by atoms with E-state index in [1.165, 1.54) is 0 Å². The molecule has 0 atom stereocenters. The largest absolute Gasteiger partial charge is 0.281 e. The van der Waals surface area contributed by atoms with Crippen LogP contribution < -0.4 is 0 Å². The third-order valence-corrected chi connectivity index (χ3v) is 0.681. The fourth-order valence-corrected chi connectivity index (χ4v) is 0.386. The predicted octanol–water partition coefficient (Wildman–Crippen LogP) is 0.851. The quantitative estimate of drug-likeness (QED) is 0.222. The standard InChI is InChI=1S/C7H3NO/c1-9-8-7-5-3-2-4-6-7/h2H,1H2. The highest BCUT2D eigenvalue weighted by Crippen LogP contribution is 1.98. The van der Waals surface area contributed by atoms with Crippen molar-refractivity contribution < 1.29 is 4.53 Å². The summed E-state index contributed by atoms with van der Waals surface area (Å²) in [4.78, 5) is 0. The van der Waals surface area contributed by atoms with E-state index < -0.39 is 0 Å². The van der Waals surface area contributed by atoms with E-state index in [4.69, 9.17) is 0 Å². The van der Waals surface area contributed by atoms with E-state index in [2.05, 4.69) is 40.1 Å². The number of carbonyl (C=O) groups excluding carboxylic acids is 1. The molecule has 0 saturated heterocycles. The summed E-state index contributed by atoms with van der Waals surface area (Å²) in [7, 11) is 0. The van der Waals surface area contributed by atoms with Gasteiger partial charge in [-0.25, -0.2) is 5.48 Å². The summed E-state index contributed by atoms with van der Waals surface area (Å²) in [5.41, 5.74) is 9.10. The van der Waals surface area contributed by atoms with Crippen molar-refractivity contribution in [3.8, 4) is 11.8 Å². The Bertz CT molecular complexity index is 278. The lowest BCUT2D eigenvalue weighted by molar-refractivity contribution is -0.382. The molecule has 2 heteroatoms. The first-order valence-corrected chi connectivity index (χ1v) is 2.27. The Labute approximate surface area is 52.8 Å². The molecule has 2 nitrogen and oxygen atoms in total. The normalized spacial score (nSPS) is 11.3. The van der Waals surface area contributed by atoms with Crippen molar-refractivity contribution in [2.45, 2.75) is 0 Å². The lowest BCUT2D eigenvalue weighted by Gasteiger charge is -1.94. The summed E-state index contributed by atoms with van der Waals surface area (Å²) in [5, 5.41) is 0. The van der Waals surface area contributed by atoms with Crippen LogP contribution in [0.4, 0.5) is 0 Å². The Morgan fingerprint density at radius 2 is 2.56 bits per heavy atom. The Morgan fingerprint density at radius 1 is 1.67 bits per heavy atom. The van der Waals surface area contributed by atoms with Crippen molar-refractivity contribution in [1.82, 2.24) is 0 Å². The van der Waals surface area contributed by atoms with Gasteiger partial charge in [-0.1, -0.05) is 23.3 Å². The third-order valence-electron chi connectivity index (χ3n) is 0.681. The fourth-order valence-electron chi connectivity index (χ4n) is 0.386. The van der Waals surface area contributed by atoms with Gasteiger partial charge >= 0.3 is 0 Å². The molecule has 0 spiro atoms. The molecule has 0 heterocycles. The molecule has 0 fully saturated rings. The molecule has 0 aromatic carbocycles. The summed E-state index contributed by atoms with van der Waals surface area (Å²) < 4.78 is 4.20. The molecule has 42 valence electrons. The van der Waals surface area contributed by atoms with Crippen molar-refractivity contribution in [1.29, 1.82) is 0 Å². The fraction of sp³-hybridized carbons (Fsp3) is 0. The number of hydrogen-bond donors (Lipinski definition) is 0. The Kier molecular flexibility index (Phi) is 1.57. The summed E-state index contributed by atoms with van der Waals surface area (Å²) in [6, 6.07) is 0. The van der Waals surface area contributed by atoms with Crippen molar-refractivity contribution >= 4 is 6.79 Å². The molecule has 0 saturated carbocycles. The van der Waals surface area contributed by atoms with Crippen LogP contribution in [0.3, 0.4) is 0 Å². The molecule has 0 unspecified atom stereocenters. The molecule has 0 aromatic rings. The zero-order valence-corrected chi connectivity index (χ0v) is 4.64. The number of allylic oxidation sites excluding steroid dienone is 2. The van der Waals surface area contributed by atoms with Crippen molar-refractivity contribution in [2.75, 3.05) is 0 Å². The molecule has 0 aliphatic heterocycles. The molecule has 9 heavy (non-hydrogen) atoms. The second-order valence-electron chi connectivity index (χ2n) is 1.25. The van der Waals surface area contributed by atoms with Gasteiger partial charge in [-0.2, -0.15) is 0 Å². The lowest BCUT2D eigenvalue weighted by Crippen LogP contribution is -1.73. The molecule has 0 bridgehead atoms. The molecule has 0 aromatic heterocycles. The molecular formula is C7H3NO. The zero-order chi connectivity index (χ0) is 6.53. The molecular weight excluding hydrogens is 114 g/mol. The van der Waals surface area contributed by atoms with Crippen LogP contribution in [0.15, 0.2) is 23.2 Å². The van der Waals surface area contributed by atoms with Crippen LogP contribution >= 0.6 is 0 Å². The molecule has 1 aliphatic carbocycles. The maximum absolute atomic E-state index is 4.20. The van der Waals surface area contributed by atoms with Crippen LogP contribution in [0.25, 0.3) is 5.48 Å². The van der Waals surface area contributed by atoms with E-state index in [-0.39, 0.29) is 0 Å². The van der Waals surface area contributed by atoms with Crippen LogP contribution in [0, 0.1) is 11.8 Å². The third kappa shape index (κ3) is 1.36. The van der Waals surface area contributed by atoms with Crippen LogP contribution in [0.2, 0.25) is 0 Å². The van der Waals surface area contributed by atoms with Crippen LogP contribution in [0.1, 0.15) is 0 Å². The highest BCUT2D eigenvalue weighted by atomic mass is 16.5. The molecule has 0 N–H and O–H groups in total. The Morgan fingerprint density at radius 3 is 3.11 bits per heavy atom. The molecule has 1 rings (SSSR count). The van der Waals surface area contributed by atoms with E-state index in [1.54, 1.807) is 6.08 Å². The smallest absolute Gasteiger partial charge is 0.275 e. The number of rotatable bonds is 2. The van der Waals surface area contributed by atoms with Crippen molar-refractivity contribution in [2.24, 2.45) is 0 Å². The first-order valence-electron chi connectivity index (χ1n) is 2.27. The van der Waals surface area contributed by atoms with E-state index in [1.807, 2.05) is 0 Å². The van der Waals surface area contributed by atoms with Gasteiger partial charge in [-0.05, 0) is 0 Å². The minimum absolute atomic E-state index is 0.424. The second-order valence-corrected chi connectivity index (χ2v) is 1.25. The Balaban J connectivity index is 2.86. The molecule has 0 radical (unpaired) electrons. The second kappa shape index (κ2) is 2.59. The van der Waals surface area contributed by atoms with Gasteiger partial charge in [0.2, 0.25) is 0 Å². The monoisotopic (exact) mass is 117 g/mol. The van der Waals surface area contributed by atoms with E-state index in [0.29, 0.717) is 5.70 Å². The minimum atomic E-state index is 0.424. The van der Waals surface area contributed by atoms with E-state index in [0.717, 1.165) is 0 Å². The van der Waals surface area contributed by atoms with Gasteiger partial charge in [0, 0.05) is 11.8 Å². The average Bonchev–Trinajstić information content (AvgIpc) is 1.91. The predicted molar refractivity (Wildman–Crippen MR) is 33.4 cm³/mol. The number of nitrogens with zero attached hydrogens (tertiary/aromatic N) is 1. The van der Waals surface area contributed by atoms with Crippen LogP contribution in [0.5, 0.6) is 0 Å². The van der Waals surface area contributed by atoms with Gasteiger partial charge in [0.1, 0.15) is 0 Å². The van der Waals surface area contributed by atoms with Crippen molar-refractivity contribution in [3.63, 3.8) is 0 Å². The zero-order valence-electron chi connectivity index (χ0n) is 4.64. The van der Waals surface area contributed by atoms with Crippen molar-refractivity contribution in [3.05, 3.63) is 28.7 Å². The summed E-state index contributed by atoms with van der Waals surface area (Å²) in [6.45, 7) is 3.05. The lowest BCUT2D eigenvalue weighted by atomic mass is 10.4. The van der Waals surface area contributed by atoms with E-state index in [9.17, 15) is 0 Å². The van der Waals surface area contributed by atoms with E-state index >= 15 is 0 Å². The molecule has 1 aliphatic rings. The molecule has 0 amide bonds. The van der Waals surface area contributed by atoms with Crippen LogP contribution in [-0.2, 0) is 4.53 Å². The van der Waals surface area contributed by atoms with Gasteiger partial charge in [0.05, 0.1) is 0 Å². The summed E-state index contributed by atoms with van der Waals surface area (Å²) in [6.07, 6.45) is 1.56. The topological polar surface area (TPSA) is 25.4 Å².